The molecule has 1 unspecified atom stereocenters. The van der Waals surface area contributed by atoms with Gasteiger partial charge in [-0.05, 0) is 124 Å². The van der Waals surface area contributed by atoms with E-state index in [0.717, 1.165) is 24.8 Å². The number of hydrogen-bond acceptors (Lipinski definition) is 22. The minimum atomic E-state index is -1.81. The summed E-state index contributed by atoms with van der Waals surface area (Å²) in [6, 6.07) is 0. The molecule has 4 saturated carbocycles. The van der Waals surface area contributed by atoms with Gasteiger partial charge in [-0.25, -0.2) is 0 Å². The monoisotopic (exact) mass is 1080 g/mol. The molecule has 75 heavy (non-hydrogen) atoms. The van der Waals surface area contributed by atoms with Gasteiger partial charge in [0.1, 0.15) is 91.6 Å². The molecule has 0 amide bonds. The summed E-state index contributed by atoms with van der Waals surface area (Å²) in [4.78, 5) is 0. The summed E-state index contributed by atoms with van der Waals surface area (Å²) in [5, 5.41) is 151. The average molecular weight is 1080 g/mol. The second-order valence-corrected chi connectivity index (χ2v) is 25.3. The Morgan fingerprint density at radius 1 is 0.560 bits per heavy atom. The molecule has 0 radical (unpaired) electrons. The molecule has 14 N–H and O–H groups in total. The Hall–Kier alpha value is -1.14. The first-order valence-electron chi connectivity index (χ1n) is 27.3. The number of aliphatic hydroxyl groups is 14. The lowest BCUT2D eigenvalue weighted by Gasteiger charge is -2.71. The van der Waals surface area contributed by atoms with E-state index in [4.69, 9.17) is 37.9 Å². The second-order valence-electron chi connectivity index (χ2n) is 25.3. The largest absolute Gasteiger partial charge is 0.394 e. The molecular formula is C53H90O22. The third-order valence-corrected chi connectivity index (χ3v) is 20.5. The lowest BCUT2D eigenvalue weighted by molar-refractivity contribution is -0.378. The third-order valence-electron chi connectivity index (χ3n) is 20.5. The highest BCUT2D eigenvalue weighted by Gasteiger charge is 2.72. The Kier molecular flexibility index (Phi) is 18.1. The normalized spacial score (nSPS) is 52.6. The fraction of sp³-hybridized carbons (Fsp3) is 0.962. The summed E-state index contributed by atoms with van der Waals surface area (Å²) in [6.07, 6.45) is -22.1. The van der Waals surface area contributed by atoms with Crippen LogP contribution >= 0.6 is 0 Å². The average Bonchev–Trinajstić information content (AvgIpc) is 3.89. The zero-order valence-electron chi connectivity index (χ0n) is 44.7. The lowest BCUT2D eigenvalue weighted by Crippen LogP contribution is -2.68. The van der Waals surface area contributed by atoms with Crippen LogP contribution < -0.4 is 0 Å². The van der Waals surface area contributed by atoms with Gasteiger partial charge in [0.05, 0.1) is 44.2 Å². The van der Waals surface area contributed by atoms with Crippen LogP contribution in [0.1, 0.15) is 113 Å². The third kappa shape index (κ3) is 10.5. The second kappa shape index (κ2) is 22.7. The maximum Gasteiger partial charge on any atom is 0.187 e. The van der Waals surface area contributed by atoms with Crippen LogP contribution in [-0.4, -0.2) is 232 Å². The Balaban J connectivity index is 1.01. The van der Waals surface area contributed by atoms with Crippen LogP contribution in [0.2, 0.25) is 0 Å². The van der Waals surface area contributed by atoms with Gasteiger partial charge >= 0.3 is 0 Å². The molecule has 4 aliphatic carbocycles. The molecule has 22 nitrogen and oxygen atoms in total. The summed E-state index contributed by atoms with van der Waals surface area (Å²) in [7, 11) is 0. The van der Waals surface area contributed by atoms with E-state index in [1.54, 1.807) is 0 Å². The molecule has 22 heteroatoms. The van der Waals surface area contributed by atoms with Crippen LogP contribution in [0.15, 0.2) is 11.6 Å². The van der Waals surface area contributed by atoms with Crippen molar-refractivity contribution < 1.29 is 109 Å². The molecule has 8 aliphatic rings. The summed E-state index contributed by atoms with van der Waals surface area (Å²) < 4.78 is 48.9. The number of aliphatic hydroxyl groups excluding tert-OH is 14. The minimum Gasteiger partial charge on any atom is -0.394 e. The predicted molar refractivity (Wildman–Crippen MR) is 260 cm³/mol. The fourth-order valence-electron chi connectivity index (χ4n) is 16.1. The maximum absolute atomic E-state index is 12.8. The van der Waals surface area contributed by atoms with Crippen molar-refractivity contribution in [1.29, 1.82) is 0 Å². The van der Waals surface area contributed by atoms with Crippen LogP contribution in [0, 0.1) is 45.3 Å². The smallest absolute Gasteiger partial charge is 0.187 e. The summed E-state index contributed by atoms with van der Waals surface area (Å²) >= 11 is 0. The number of fused-ring (bicyclic) bond motifs is 5. The summed E-state index contributed by atoms with van der Waals surface area (Å²) in [6.45, 7) is 14.9. The van der Waals surface area contributed by atoms with Gasteiger partial charge in [0.15, 0.2) is 25.2 Å². The van der Waals surface area contributed by atoms with E-state index in [1.807, 2.05) is 20.8 Å². The SMILES string of the molecule is CC(C)=CCC[C@](C)(O[C@@H]1O[C@H](CO[C@@H]2O[C@@H](CO)[C@H](O)[C@H]2O)[C@@H](O)[C@H](O)[C@H]1O)[C@H]1CC[C@]2(C)[C@@H]1C(O)C[C@@H]1[C@@]3(C)CC[C@H](O[C@@H]4O[C@H](CO)[C@@H](O)[C@H](O)[C@H]4O[C@@H]4O[C@H](CO)[C@@H](O)[C@H](O)[C@H]4O)C(C)(C)[C@@H]3CC[C@]12C. The van der Waals surface area contributed by atoms with Gasteiger partial charge in [-0.15, -0.1) is 0 Å². The van der Waals surface area contributed by atoms with E-state index in [0.29, 0.717) is 38.5 Å². The maximum atomic E-state index is 12.8. The first-order valence-corrected chi connectivity index (χ1v) is 27.3. The minimum absolute atomic E-state index is 0.0508. The van der Waals surface area contributed by atoms with Crippen LogP contribution in [0.25, 0.3) is 0 Å². The van der Waals surface area contributed by atoms with Crippen molar-refractivity contribution in [2.45, 2.75) is 248 Å². The molecular weight excluding hydrogens is 989 g/mol. The van der Waals surface area contributed by atoms with Crippen molar-refractivity contribution in [3.8, 4) is 0 Å². The molecule has 0 aromatic carbocycles. The van der Waals surface area contributed by atoms with Crippen molar-refractivity contribution in [2.75, 3.05) is 26.4 Å². The van der Waals surface area contributed by atoms with Gasteiger partial charge in [0, 0.05) is 0 Å². The molecule has 0 bridgehead atoms. The van der Waals surface area contributed by atoms with E-state index < -0.39 is 172 Å². The molecule has 434 valence electrons. The first-order chi connectivity index (χ1) is 35.1. The van der Waals surface area contributed by atoms with E-state index >= 15 is 0 Å². The van der Waals surface area contributed by atoms with Crippen molar-refractivity contribution in [3.05, 3.63) is 11.6 Å². The topological polar surface area (TPSA) is 357 Å². The van der Waals surface area contributed by atoms with Crippen LogP contribution in [0.3, 0.4) is 0 Å². The van der Waals surface area contributed by atoms with E-state index in [9.17, 15) is 71.5 Å². The first kappa shape index (κ1) is 60.0. The molecule has 29 atom stereocenters. The van der Waals surface area contributed by atoms with E-state index in [1.165, 1.54) is 0 Å². The summed E-state index contributed by atoms with van der Waals surface area (Å²) in [5.41, 5.74) is -1.47. The van der Waals surface area contributed by atoms with Crippen molar-refractivity contribution in [2.24, 2.45) is 45.3 Å². The standard InChI is InChI=1S/C53H90O22/c1-23(2)10-9-14-53(8,75-47-43(67)39(63)37(61)29(72-47)22-68-45-41(65)36(60)28(21-56)69-45)24-11-16-52(7)33(24)25(57)18-31-50(5)15-13-32(49(3,4)30(50)12-17-51(31,52)6)73-48-44(40(64)35(59)27(20-55)71-48)74-46-42(66)38(62)34(58)26(19-54)70-46/h10,24-48,54-67H,9,11-22H2,1-8H3/t24-,25?,26+,27+,28-,29+,30-,31+,32-,33-,34+,35+,36-,37+,38-,39-,40-,41+,42+,43+,44+,45+,46-,47-,48-,50-,51+,52+,53-/m0/s1. The zero-order chi connectivity index (χ0) is 55.1. The van der Waals surface area contributed by atoms with Gasteiger partial charge in [0.2, 0.25) is 0 Å². The highest BCUT2D eigenvalue weighted by atomic mass is 16.8. The Bertz CT molecular complexity index is 1940. The van der Waals surface area contributed by atoms with Crippen LogP contribution in [0.4, 0.5) is 0 Å². The fourth-order valence-corrected chi connectivity index (χ4v) is 16.1. The van der Waals surface area contributed by atoms with Gasteiger partial charge in [-0.3, -0.25) is 0 Å². The number of hydrogen-bond donors (Lipinski definition) is 14. The molecule has 8 rings (SSSR count). The Morgan fingerprint density at radius 3 is 1.69 bits per heavy atom. The molecule has 4 heterocycles. The highest BCUT2D eigenvalue weighted by molar-refractivity contribution is 5.20. The van der Waals surface area contributed by atoms with E-state index in [2.05, 4.69) is 40.7 Å². The Morgan fingerprint density at radius 2 is 1.08 bits per heavy atom. The lowest BCUT2D eigenvalue weighted by atomic mass is 9.35. The molecule has 0 spiro atoms. The highest BCUT2D eigenvalue weighted by Crippen LogP contribution is 2.76. The zero-order valence-corrected chi connectivity index (χ0v) is 44.7. The van der Waals surface area contributed by atoms with Gasteiger partial charge in [-0.1, -0.05) is 46.3 Å². The molecule has 0 aromatic heterocycles. The van der Waals surface area contributed by atoms with Crippen molar-refractivity contribution in [3.63, 3.8) is 0 Å². The molecule has 0 aromatic rings. The van der Waals surface area contributed by atoms with Crippen molar-refractivity contribution >= 4 is 0 Å². The van der Waals surface area contributed by atoms with Gasteiger partial charge in [0.25, 0.3) is 0 Å². The molecule has 4 saturated heterocycles. The van der Waals surface area contributed by atoms with E-state index in [-0.39, 0.29) is 34.5 Å². The number of rotatable bonds is 16. The predicted octanol–water partition coefficient (Wildman–Crippen LogP) is -1.56. The molecule has 4 aliphatic heterocycles. The number of ether oxygens (including phenoxy) is 8. The quantitative estimate of drug-likeness (QED) is 0.0614. The van der Waals surface area contributed by atoms with Crippen LogP contribution in [0.5, 0.6) is 0 Å². The molecule has 8 fully saturated rings. The van der Waals surface area contributed by atoms with Crippen molar-refractivity contribution in [1.82, 2.24) is 0 Å². The van der Waals surface area contributed by atoms with Gasteiger partial charge < -0.3 is 109 Å². The van der Waals surface area contributed by atoms with Gasteiger partial charge in [-0.2, -0.15) is 0 Å². The number of allylic oxidation sites excluding steroid dienone is 2. The Labute approximate surface area is 439 Å². The summed E-state index contributed by atoms with van der Waals surface area (Å²) in [5.74, 6) is -0.394. The van der Waals surface area contributed by atoms with Crippen LogP contribution in [-0.2, 0) is 37.9 Å².